The zero-order chi connectivity index (χ0) is 29.7. The molecule has 2 aromatic heterocycles. The van der Waals surface area contributed by atoms with E-state index in [1.165, 1.54) is 25.7 Å². The molecule has 216 valence electrons. The van der Waals surface area contributed by atoms with Gasteiger partial charge in [-0.15, -0.1) is 0 Å². The summed E-state index contributed by atoms with van der Waals surface area (Å²) in [6, 6.07) is 3.23. The fraction of sp³-hybridized carbons (Fsp3) is 0.519. The van der Waals surface area contributed by atoms with Crippen LogP contribution in [0.15, 0.2) is 35.7 Å². The first-order chi connectivity index (χ1) is 18.7. The average Bonchev–Trinajstić information content (AvgIpc) is 2.87. The third-order valence-electron chi connectivity index (χ3n) is 5.41. The van der Waals surface area contributed by atoms with Crippen LogP contribution in [0.1, 0.15) is 69.7 Å². The number of nitrogens with zero attached hydrogens (tertiary/aromatic N) is 5. The van der Waals surface area contributed by atoms with Crippen molar-refractivity contribution in [2.75, 3.05) is 19.5 Å². The fourth-order valence-corrected chi connectivity index (χ4v) is 4.71. The minimum Gasteiger partial charge on any atom is -0.480 e. The van der Waals surface area contributed by atoms with Gasteiger partial charge in [-0.2, -0.15) is 4.90 Å². The lowest BCUT2D eigenvalue weighted by Crippen LogP contribution is -2.48. The fourth-order valence-electron chi connectivity index (χ4n) is 3.57. The van der Waals surface area contributed by atoms with Crippen LogP contribution in [0.5, 0.6) is 5.88 Å². The summed E-state index contributed by atoms with van der Waals surface area (Å²) in [5, 5.41) is -0.0656. The molecule has 3 heterocycles. The highest BCUT2D eigenvalue weighted by Crippen LogP contribution is 2.37. The number of amidine groups is 1. The number of ether oxygens (including phenoxy) is 3. The van der Waals surface area contributed by atoms with E-state index in [2.05, 4.69) is 19.9 Å². The van der Waals surface area contributed by atoms with Gasteiger partial charge in [0.1, 0.15) is 29.1 Å². The third-order valence-corrected chi connectivity index (χ3v) is 6.35. The molecule has 1 aliphatic heterocycles. The molecule has 1 aliphatic rings. The number of amides is 2. The first-order valence-corrected chi connectivity index (χ1v) is 13.5. The summed E-state index contributed by atoms with van der Waals surface area (Å²) in [6.07, 6.45) is 2.36. The van der Waals surface area contributed by atoms with Crippen LogP contribution < -0.4 is 4.74 Å². The van der Waals surface area contributed by atoms with Gasteiger partial charge >= 0.3 is 12.2 Å². The van der Waals surface area contributed by atoms with E-state index >= 15 is 0 Å². The highest BCUT2D eigenvalue weighted by molar-refractivity contribution is 8.13. The Balaban J connectivity index is 1.96. The van der Waals surface area contributed by atoms with Crippen LogP contribution in [0.2, 0.25) is 0 Å². The van der Waals surface area contributed by atoms with E-state index in [1.807, 2.05) is 0 Å². The van der Waals surface area contributed by atoms with Gasteiger partial charge in [-0.05, 0) is 65.7 Å². The van der Waals surface area contributed by atoms with Crippen molar-refractivity contribution in [1.82, 2.24) is 19.9 Å². The van der Waals surface area contributed by atoms with Gasteiger partial charge in [0.05, 0.1) is 25.2 Å². The number of Topliss-reactive ketones (excluding diaryl/α,β-unsaturated/α-hetero) is 1. The number of thioether (sulfide) groups is 1. The van der Waals surface area contributed by atoms with Crippen molar-refractivity contribution in [2.24, 2.45) is 4.99 Å². The zero-order valence-corrected chi connectivity index (χ0v) is 24.5. The number of imide groups is 1. The summed E-state index contributed by atoms with van der Waals surface area (Å²) in [5.41, 5.74) is -2.35. The predicted molar refractivity (Wildman–Crippen MR) is 147 cm³/mol. The number of rotatable bonds is 6. The number of hydrogen-bond acceptors (Lipinski definition) is 11. The Bertz CT molecular complexity index is 1250. The van der Waals surface area contributed by atoms with Crippen molar-refractivity contribution in [2.45, 2.75) is 71.1 Å². The number of aliphatic imine (C=N–C) groups is 1. The van der Waals surface area contributed by atoms with Crippen molar-refractivity contribution >= 4 is 34.9 Å². The Morgan fingerprint density at radius 1 is 1.02 bits per heavy atom. The molecule has 0 aromatic carbocycles. The average molecular weight is 576 g/mol. The summed E-state index contributed by atoms with van der Waals surface area (Å²) in [7, 11) is 1.45. The number of aromatic nitrogens is 3. The number of carbonyl (C=O) groups excluding carboxylic acids is 3. The molecule has 0 aliphatic carbocycles. The van der Waals surface area contributed by atoms with Crippen molar-refractivity contribution in [1.29, 1.82) is 0 Å². The van der Waals surface area contributed by atoms with Crippen LogP contribution in [0.3, 0.4) is 0 Å². The molecule has 0 radical (unpaired) electrons. The molecule has 0 fully saturated rings. The summed E-state index contributed by atoms with van der Waals surface area (Å²) < 4.78 is 30.7. The largest absolute Gasteiger partial charge is 0.480 e. The monoisotopic (exact) mass is 575 g/mol. The zero-order valence-electron chi connectivity index (χ0n) is 23.7. The molecule has 3 rings (SSSR count). The second kappa shape index (κ2) is 12.3. The lowest BCUT2D eigenvalue weighted by atomic mass is 9.92. The quantitative estimate of drug-likeness (QED) is 0.427. The smallest absolute Gasteiger partial charge is 0.426 e. The maximum absolute atomic E-state index is 14.8. The van der Waals surface area contributed by atoms with Crippen LogP contribution in [0, 0.1) is 0 Å². The molecule has 11 nitrogen and oxygen atoms in total. The maximum atomic E-state index is 14.8. The molecule has 0 spiro atoms. The number of halogens is 1. The molecule has 13 heteroatoms. The highest BCUT2D eigenvalue weighted by Gasteiger charge is 2.42. The number of alkyl halides is 1. The molecule has 0 N–H and O–H groups in total. The molecule has 2 amide bonds. The van der Waals surface area contributed by atoms with Gasteiger partial charge in [-0.1, -0.05) is 11.8 Å². The second-order valence-electron chi connectivity index (χ2n) is 11.0. The van der Waals surface area contributed by atoms with Crippen LogP contribution in [0.4, 0.5) is 14.0 Å². The molecule has 0 saturated carbocycles. The minimum absolute atomic E-state index is 0.0356. The molecule has 40 heavy (non-hydrogen) atoms. The summed E-state index contributed by atoms with van der Waals surface area (Å²) in [6.45, 7) is 9.01. The highest BCUT2D eigenvalue weighted by atomic mass is 32.2. The van der Waals surface area contributed by atoms with Crippen LogP contribution in [0.25, 0.3) is 0 Å². The van der Waals surface area contributed by atoms with Crippen LogP contribution >= 0.6 is 11.8 Å². The molecule has 2 aromatic rings. The summed E-state index contributed by atoms with van der Waals surface area (Å²) in [4.78, 5) is 56.7. The Hall–Kier alpha value is -3.61. The van der Waals surface area contributed by atoms with E-state index in [0.717, 1.165) is 11.8 Å². The molecule has 0 bridgehead atoms. The Morgan fingerprint density at radius 3 is 2.20 bits per heavy atom. The molecular weight excluding hydrogens is 541 g/mol. The van der Waals surface area contributed by atoms with E-state index in [9.17, 15) is 18.8 Å². The Labute approximate surface area is 236 Å². The first-order valence-electron chi connectivity index (χ1n) is 12.6. The van der Waals surface area contributed by atoms with E-state index in [1.54, 1.807) is 53.7 Å². The van der Waals surface area contributed by atoms with Gasteiger partial charge in [-0.3, -0.25) is 9.78 Å². The third kappa shape index (κ3) is 7.96. The first kappa shape index (κ1) is 30.9. The van der Waals surface area contributed by atoms with E-state index in [-0.39, 0.29) is 41.1 Å². The Morgan fingerprint density at radius 2 is 1.68 bits per heavy atom. The van der Waals surface area contributed by atoms with Gasteiger partial charge in [0.2, 0.25) is 5.88 Å². The van der Waals surface area contributed by atoms with Gasteiger partial charge in [0.25, 0.3) is 0 Å². The van der Waals surface area contributed by atoms with Gasteiger partial charge in [-0.25, -0.2) is 28.9 Å². The van der Waals surface area contributed by atoms with Crippen molar-refractivity contribution < 1.29 is 33.0 Å². The van der Waals surface area contributed by atoms with Gasteiger partial charge < -0.3 is 14.2 Å². The second-order valence-corrected chi connectivity index (χ2v) is 12.1. The van der Waals surface area contributed by atoms with Crippen molar-refractivity contribution in [3.63, 3.8) is 0 Å². The summed E-state index contributed by atoms with van der Waals surface area (Å²) >= 11 is 1.11. The molecule has 0 saturated heterocycles. The Kier molecular flexibility index (Phi) is 9.49. The predicted octanol–water partition coefficient (Wildman–Crippen LogP) is 5.14. The summed E-state index contributed by atoms with van der Waals surface area (Å²) in [5.74, 6) is 0.311. The number of methoxy groups -OCH3 is 1. The van der Waals surface area contributed by atoms with Gasteiger partial charge in [0.15, 0.2) is 11.0 Å². The van der Waals surface area contributed by atoms with Crippen LogP contribution in [-0.2, 0) is 21.4 Å². The van der Waals surface area contributed by atoms with Crippen molar-refractivity contribution in [3.05, 3.63) is 47.7 Å². The lowest BCUT2D eigenvalue weighted by molar-refractivity contribution is 0.0150. The number of pyridine rings is 1. The SMILES string of the molecule is COc1cnc(C(=O)Cc2ccnc([C@]3(CF)CCSC(N(C(=O)OC(C)(C)C)C(=O)OC(C)(C)C)=N3)c2)cn1. The molecule has 1 atom stereocenters. The number of carbonyl (C=O) groups is 3. The lowest BCUT2D eigenvalue weighted by Gasteiger charge is -2.34. The topological polar surface area (TPSA) is 133 Å². The number of hydrogen-bond donors (Lipinski definition) is 0. The standard InChI is InChI=1S/C27H34FN5O6S/c1-25(2,3)38-23(35)33(24(36)39-26(4,5)6)22-32-27(16-28,9-11-40-22)20-13-17(8-10-29-20)12-19(34)18-14-31-21(37-7)15-30-18/h8,10,13-15H,9,11-12,16H2,1-7H3/t27-/m1/s1. The maximum Gasteiger partial charge on any atom is 0.426 e. The van der Waals surface area contributed by atoms with E-state index < -0.39 is 35.6 Å². The van der Waals surface area contributed by atoms with E-state index in [4.69, 9.17) is 14.2 Å². The minimum atomic E-state index is -1.50. The number of ketones is 1. The van der Waals surface area contributed by atoms with Crippen molar-refractivity contribution in [3.8, 4) is 5.88 Å². The molecule has 0 unspecified atom stereocenters. The molecular formula is C27H34FN5O6S. The van der Waals surface area contributed by atoms with E-state index in [0.29, 0.717) is 16.2 Å². The van der Waals surface area contributed by atoms with Gasteiger partial charge in [0, 0.05) is 18.4 Å². The normalized spacial score (nSPS) is 17.4. The van der Waals surface area contributed by atoms with Crippen LogP contribution in [-0.4, -0.2) is 73.7 Å².